The van der Waals surface area contributed by atoms with Crippen molar-refractivity contribution in [2.75, 3.05) is 39.3 Å². The Bertz CT molecular complexity index is 381. The number of nitrogens with zero attached hydrogens (tertiary/aromatic N) is 2. The van der Waals surface area contributed by atoms with Gasteiger partial charge >= 0.3 is 0 Å². The molecule has 8 heteroatoms. The number of nitrogens with one attached hydrogen (secondary N) is 2. The van der Waals surface area contributed by atoms with Gasteiger partial charge in [0.2, 0.25) is 5.91 Å². The lowest BCUT2D eigenvalue weighted by molar-refractivity contribution is -0.119. The van der Waals surface area contributed by atoms with Gasteiger partial charge in [-0.3, -0.25) is 14.7 Å². The van der Waals surface area contributed by atoms with Gasteiger partial charge in [0.15, 0.2) is 5.96 Å². The Kier molecular flexibility index (Phi) is 14.2. The van der Waals surface area contributed by atoms with Crippen molar-refractivity contribution in [2.45, 2.75) is 52.0 Å². The standard InChI is InChI=1S/C17H35N5O2.HI/c1-3-5-14(8-11-23)12-20-17(19-4-2)21-15-6-9-22(10-7-15)13-16(18)24;/h14-15,23H,3-13H2,1-2H3,(H2,18,24)(H2,19,20,21);1H. The van der Waals surface area contributed by atoms with Gasteiger partial charge in [0.1, 0.15) is 0 Å². The Morgan fingerprint density at radius 2 is 2.00 bits per heavy atom. The van der Waals surface area contributed by atoms with E-state index in [9.17, 15) is 4.79 Å². The summed E-state index contributed by atoms with van der Waals surface area (Å²) in [7, 11) is 0. The van der Waals surface area contributed by atoms with E-state index in [1.54, 1.807) is 0 Å². The molecule has 5 N–H and O–H groups in total. The second kappa shape index (κ2) is 14.5. The molecule has 1 atom stereocenters. The van der Waals surface area contributed by atoms with Crippen LogP contribution in [0.2, 0.25) is 0 Å². The van der Waals surface area contributed by atoms with Crippen LogP contribution >= 0.6 is 24.0 Å². The van der Waals surface area contributed by atoms with Crippen LogP contribution in [0.15, 0.2) is 4.99 Å². The molecule has 1 aliphatic heterocycles. The molecular weight excluding hydrogens is 433 g/mol. The van der Waals surface area contributed by atoms with Crippen LogP contribution < -0.4 is 16.4 Å². The molecule has 1 fully saturated rings. The van der Waals surface area contributed by atoms with Crippen molar-refractivity contribution in [2.24, 2.45) is 16.6 Å². The average Bonchev–Trinajstić information content (AvgIpc) is 2.54. The van der Waals surface area contributed by atoms with Crippen molar-refractivity contribution in [3.05, 3.63) is 0 Å². The molecule has 1 rings (SSSR count). The van der Waals surface area contributed by atoms with Crippen LogP contribution in [0.4, 0.5) is 0 Å². The van der Waals surface area contributed by atoms with Gasteiger partial charge in [0.25, 0.3) is 0 Å². The zero-order valence-corrected chi connectivity index (χ0v) is 18.0. The van der Waals surface area contributed by atoms with Gasteiger partial charge in [-0.05, 0) is 38.5 Å². The topological polar surface area (TPSA) is 103 Å². The number of aliphatic hydroxyl groups excluding tert-OH is 1. The maximum atomic E-state index is 11.0. The first-order chi connectivity index (χ1) is 11.6. The van der Waals surface area contributed by atoms with Crippen LogP contribution in [0.25, 0.3) is 0 Å². The van der Waals surface area contributed by atoms with E-state index < -0.39 is 0 Å². The van der Waals surface area contributed by atoms with E-state index in [0.29, 0.717) is 18.5 Å². The summed E-state index contributed by atoms with van der Waals surface area (Å²) in [5.41, 5.74) is 5.25. The number of rotatable bonds is 10. The lowest BCUT2D eigenvalue weighted by Crippen LogP contribution is -2.50. The normalized spacial score (nSPS) is 17.6. The van der Waals surface area contributed by atoms with E-state index in [1.165, 1.54) is 0 Å². The zero-order valence-electron chi connectivity index (χ0n) is 15.7. The predicted molar refractivity (Wildman–Crippen MR) is 113 cm³/mol. The first-order valence-corrected chi connectivity index (χ1v) is 9.25. The number of aliphatic imine (C=N–C) groups is 1. The van der Waals surface area contributed by atoms with E-state index in [4.69, 9.17) is 15.8 Å². The fraction of sp³-hybridized carbons (Fsp3) is 0.882. The van der Waals surface area contributed by atoms with Gasteiger partial charge in [0.05, 0.1) is 6.54 Å². The summed E-state index contributed by atoms with van der Waals surface area (Å²) in [6.45, 7) is 8.12. The molecule has 0 saturated carbocycles. The van der Waals surface area contributed by atoms with Crippen molar-refractivity contribution >= 4 is 35.8 Å². The number of guanidine groups is 1. The summed E-state index contributed by atoms with van der Waals surface area (Å²) in [4.78, 5) is 17.8. The summed E-state index contributed by atoms with van der Waals surface area (Å²) in [6, 6.07) is 0.370. The maximum absolute atomic E-state index is 11.0. The highest BCUT2D eigenvalue weighted by Gasteiger charge is 2.20. The molecule has 1 saturated heterocycles. The molecule has 1 amide bonds. The number of primary amides is 1. The molecule has 25 heavy (non-hydrogen) atoms. The lowest BCUT2D eigenvalue weighted by Gasteiger charge is -2.32. The van der Waals surface area contributed by atoms with Gasteiger partial charge in [-0.25, -0.2) is 0 Å². The van der Waals surface area contributed by atoms with Crippen LogP contribution in [0.1, 0.15) is 46.0 Å². The molecular formula is C17H36IN5O2. The number of amides is 1. The summed E-state index contributed by atoms with van der Waals surface area (Å²) in [5.74, 6) is 1.03. The fourth-order valence-corrected chi connectivity index (χ4v) is 3.11. The Morgan fingerprint density at radius 1 is 1.32 bits per heavy atom. The Morgan fingerprint density at radius 3 is 2.52 bits per heavy atom. The number of hydrogen-bond donors (Lipinski definition) is 4. The first-order valence-electron chi connectivity index (χ1n) is 9.25. The van der Waals surface area contributed by atoms with Gasteiger partial charge in [-0.15, -0.1) is 24.0 Å². The minimum Gasteiger partial charge on any atom is -0.396 e. The Balaban J connectivity index is 0.00000576. The van der Waals surface area contributed by atoms with E-state index in [2.05, 4.69) is 29.4 Å². The Hall–Kier alpha value is -0.610. The molecule has 0 spiro atoms. The van der Waals surface area contributed by atoms with Crippen molar-refractivity contribution < 1.29 is 9.90 Å². The third-order valence-electron chi connectivity index (χ3n) is 4.39. The number of hydrogen-bond acceptors (Lipinski definition) is 4. The quantitative estimate of drug-likeness (QED) is 0.216. The molecule has 7 nitrogen and oxygen atoms in total. The number of nitrogens with two attached hydrogens (primary N) is 1. The van der Waals surface area contributed by atoms with Crippen molar-refractivity contribution in [1.82, 2.24) is 15.5 Å². The van der Waals surface area contributed by atoms with E-state index in [0.717, 1.165) is 64.2 Å². The van der Waals surface area contributed by atoms with Crippen LogP contribution in [-0.2, 0) is 4.79 Å². The number of carbonyl (C=O) groups is 1. The van der Waals surface area contributed by atoms with Crippen LogP contribution in [-0.4, -0.2) is 67.2 Å². The minimum atomic E-state index is -0.262. The van der Waals surface area contributed by atoms with Crippen molar-refractivity contribution in [3.8, 4) is 0 Å². The van der Waals surface area contributed by atoms with Crippen LogP contribution in [0, 0.1) is 5.92 Å². The highest BCUT2D eigenvalue weighted by Crippen LogP contribution is 2.12. The van der Waals surface area contributed by atoms with Gasteiger partial charge in [0, 0.05) is 38.8 Å². The number of halogens is 1. The summed E-state index contributed by atoms with van der Waals surface area (Å²) in [6.07, 6.45) is 4.97. The SMILES string of the molecule is CCCC(CCO)CN=C(NCC)NC1CCN(CC(N)=O)CC1.I. The monoisotopic (exact) mass is 469 g/mol. The zero-order chi connectivity index (χ0) is 17.8. The van der Waals surface area contributed by atoms with Crippen LogP contribution in [0.5, 0.6) is 0 Å². The molecule has 148 valence electrons. The highest BCUT2D eigenvalue weighted by molar-refractivity contribution is 14.0. The molecule has 0 bridgehead atoms. The van der Waals surface area contributed by atoms with Crippen LogP contribution in [0.3, 0.4) is 0 Å². The highest BCUT2D eigenvalue weighted by atomic mass is 127. The minimum absolute atomic E-state index is 0. The molecule has 0 aliphatic carbocycles. The van der Waals surface area contributed by atoms with Gasteiger partial charge in [-0.1, -0.05) is 13.3 Å². The number of aliphatic hydroxyl groups is 1. The molecule has 0 aromatic carbocycles. The van der Waals surface area contributed by atoms with Crippen molar-refractivity contribution in [1.29, 1.82) is 0 Å². The summed E-state index contributed by atoms with van der Waals surface area (Å²) in [5, 5.41) is 16.0. The van der Waals surface area contributed by atoms with Gasteiger partial charge in [-0.2, -0.15) is 0 Å². The number of piperidine rings is 1. The Labute approximate surface area is 169 Å². The smallest absolute Gasteiger partial charge is 0.231 e. The van der Waals surface area contributed by atoms with Crippen molar-refractivity contribution in [3.63, 3.8) is 0 Å². The second-order valence-electron chi connectivity index (χ2n) is 6.55. The van der Waals surface area contributed by atoms with E-state index >= 15 is 0 Å². The fourth-order valence-electron chi connectivity index (χ4n) is 3.11. The average molecular weight is 469 g/mol. The summed E-state index contributed by atoms with van der Waals surface area (Å²) < 4.78 is 0. The first kappa shape index (κ1) is 24.4. The predicted octanol–water partition coefficient (Wildman–Crippen LogP) is 0.908. The number of likely N-dealkylation sites (tertiary alicyclic amines) is 1. The molecule has 0 radical (unpaired) electrons. The van der Waals surface area contributed by atoms with E-state index in [1.807, 2.05) is 0 Å². The third-order valence-corrected chi connectivity index (χ3v) is 4.39. The van der Waals surface area contributed by atoms with Gasteiger partial charge < -0.3 is 21.5 Å². The maximum Gasteiger partial charge on any atom is 0.231 e. The lowest BCUT2D eigenvalue weighted by atomic mass is 10.0. The molecule has 1 unspecified atom stereocenters. The number of carbonyl (C=O) groups excluding carboxylic acids is 1. The molecule has 1 aliphatic rings. The molecule has 1 heterocycles. The molecule has 0 aromatic heterocycles. The third kappa shape index (κ3) is 10.9. The van der Waals surface area contributed by atoms with E-state index in [-0.39, 0.29) is 36.5 Å². The molecule has 0 aromatic rings. The summed E-state index contributed by atoms with van der Waals surface area (Å²) >= 11 is 0. The second-order valence-corrected chi connectivity index (χ2v) is 6.55. The largest absolute Gasteiger partial charge is 0.396 e.